The molecule has 0 fully saturated rings. The molecule has 0 aliphatic heterocycles. The molecule has 3 N–H and O–H groups in total. The van der Waals surface area contributed by atoms with Crippen LogP contribution in [0.15, 0.2) is 54.6 Å². The molecular formula is C19H12Cl4O5S. The quantitative estimate of drug-likeness (QED) is 0.311. The number of halogens is 4. The van der Waals surface area contributed by atoms with E-state index in [-0.39, 0.29) is 37.0 Å². The second-order valence-corrected chi connectivity index (χ2v) is 9.25. The maximum atomic E-state index is 13.0. The topological polar surface area (TPSA) is 94.8 Å². The van der Waals surface area contributed by atoms with Gasteiger partial charge in [0.2, 0.25) is 0 Å². The van der Waals surface area contributed by atoms with Crippen LogP contribution in [0.2, 0.25) is 20.1 Å². The van der Waals surface area contributed by atoms with Crippen molar-refractivity contribution in [1.29, 1.82) is 0 Å². The number of benzene rings is 3. The molecule has 3 aromatic rings. The molecule has 29 heavy (non-hydrogen) atoms. The predicted molar refractivity (Wildman–Crippen MR) is 114 cm³/mol. The largest absolute Gasteiger partial charge is 0.506 e. The zero-order chi connectivity index (χ0) is 21.6. The molecule has 152 valence electrons. The molecule has 0 radical (unpaired) electrons. The number of phenolic OH excluding ortho intramolecular Hbond substituents is 2. The normalized spacial score (nSPS) is 13.8. The van der Waals surface area contributed by atoms with Crippen LogP contribution in [0.5, 0.6) is 11.5 Å². The number of aromatic hydroxyl groups is 2. The molecule has 0 bridgehead atoms. The second kappa shape index (κ2) is 7.87. The number of hydrogen-bond acceptors (Lipinski definition) is 4. The first-order valence-electron chi connectivity index (χ1n) is 7.90. The van der Waals surface area contributed by atoms with Crippen LogP contribution in [0.1, 0.15) is 16.7 Å². The highest BCUT2D eigenvalue weighted by molar-refractivity contribution is 7.87. The first-order chi connectivity index (χ1) is 13.5. The van der Waals surface area contributed by atoms with E-state index in [1.54, 1.807) is 6.07 Å². The van der Waals surface area contributed by atoms with Crippen LogP contribution in [0.4, 0.5) is 0 Å². The molecule has 0 saturated carbocycles. The SMILES string of the molecule is O=S(=O)(O)C(c1ccc(O)c(Cl)c1)(c1ccccc1Cl)c1c(Cl)ccc(Cl)c1O. The highest BCUT2D eigenvalue weighted by Crippen LogP contribution is 2.53. The zero-order valence-corrected chi connectivity index (χ0v) is 18.1. The number of rotatable bonds is 4. The van der Waals surface area contributed by atoms with Gasteiger partial charge in [-0.25, -0.2) is 0 Å². The second-order valence-electron chi connectivity index (χ2n) is 6.06. The molecule has 0 aliphatic carbocycles. The fourth-order valence-corrected chi connectivity index (χ4v) is 5.57. The van der Waals surface area contributed by atoms with E-state index in [4.69, 9.17) is 46.4 Å². The Kier molecular flexibility index (Phi) is 5.98. The summed E-state index contributed by atoms with van der Waals surface area (Å²) < 4.78 is 34.0. The average molecular weight is 494 g/mol. The minimum Gasteiger partial charge on any atom is -0.506 e. The van der Waals surface area contributed by atoms with Crippen LogP contribution >= 0.6 is 46.4 Å². The summed E-state index contributed by atoms with van der Waals surface area (Å²) in [6, 6.07) is 11.9. The van der Waals surface area contributed by atoms with Crippen LogP contribution in [0.25, 0.3) is 0 Å². The molecule has 0 heterocycles. The Balaban J connectivity index is 2.66. The Bertz CT molecular complexity index is 1210. The van der Waals surface area contributed by atoms with Crippen molar-refractivity contribution in [3.8, 4) is 11.5 Å². The van der Waals surface area contributed by atoms with Gasteiger partial charge in [-0.05, 0) is 35.9 Å². The standard InChI is InChI=1S/C19H12Cl4O5S/c20-12-4-2-1-3-11(12)19(29(26,27)28,10-5-8-16(24)15(23)9-10)17-13(21)6-7-14(22)18(17)25/h1-9,24-25H,(H,26,27,28). The molecule has 0 aliphatic rings. The summed E-state index contributed by atoms with van der Waals surface area (Å²) in [5.41, 5.74) is -0.648. The van der Waals surface area contributed by atoms with Crippen molar-refractivity contribution in [3.05, 3.63) is 91.4 Å². The Hall–Kier alpha value is -1.67. The van der Waals surface area contributed by atoms with Gasteiger partial charge in [-0.2, -0.15) is 8.42 Å². The van der Waals surface area contributed by atoms with E-state index in [1.807, 2.05) is 0 Å². The van der Waals surface area contributed by atoms with Gasteiger partial charge in [-0.3, -0.25) is 4.55 Å². The highest BCUT2D eigenvalue weighted by Gasteiger charge is 2.52. The van der Waals surface area contributed by atoms with Crippen LogP contribution in [0, 0.1) is 0 Å². The van der Waals surface area contributed by atoms with Crippen molar-refractivity contribution in [2.45, 2.75) is 4.75 Å². The van der Waals surface area contributed by atoms with Crippen molar-refractivity contribution in [2.75, 3.05) is 0 Å². The summed E-state index contributed by atoms with van der Waals surface area (Å²) in [5.74, 6) is -0.985. The van der Waals surface area contributed by atoms with E-state index in [2.05, 4.69) is 0 Å². The molecule has 10 heteroatoms. The van der Waals surface area contributed by atoms with E-state index < -0.39 is 26.2 Å². The smallest absolute Gasteiger partial charge is 0.283 e. The molecule has 3 rings (SSSR count). The zero-order valence-electron chi connectivity index (χ0n) is 14.3. The molecule has 1 unspecified atom stereocenters. The number of hydrogen-bond donors (Lipinski definition) is 3. The van der Waals surface area contributed by atoms with Gasteiger partial charge in [0.05, 0.1) is 10.0 Å². The lowest BCUT2D eigenvalue weighted by atomic mass is 9.83. The highest BCUT2D eigenvalue weighted by atomic mass is 35.5. The lowest BCUT2D eigenvalue weighted by molar-refractivity contribution is 0.440. The monoisotopic (exact) mass is 492 g/mol. The summed E-state index contributed by atoms with van der Waals surface area (Å²) in [7, 11) is -5.13. The fraction of sp³-hybridized carbons (Fsp3) is 0.0526. The van der Waals surface area contributed by atoms with Crippen molar-refractivity contribution in [2.24, 2.45) is 0 Å². The van der Waals surface area contributed by atoms with E-state index in [0.29, 0.717) is 0 Å². The van der Waals surface area contributed by atoms with Gasteiger partial charge in [0.1, 0.15) is 11.5 Å². The van der Waals surface area contributed by atoms with Crippen molar-refractivity contribution in [3.63, 3.8) is 0 Å². The van der Waals surface area contributed by atoms with Gasteiger partial charge in [0.15, 0.2) is 4.75 Å². The minimum atomic E-state index is -5.13. The third-order valence-electron chi connectivity index (χ3n) is 4.42. The average Bonchev–Trinajstić information content (AvgIpc) is 2.64. The van der Waals surface area contributed by atoms with Crippen molar-refractivity contribution >= 4 is 56.5 Å². The van der Waals surface area contributed by atoms with Crippen LogP contribution < -0.4 is 0 Å². The fourth-order valence-electron chi connectivity index (χ4n) is 3.20. The van der Waals surface area contributed by atoms with Crippen molar-refractivity contribution in [1.82, 2.24) is 0 Å². The molecule has 3 aromatic carbocycles. The number of phenols is 2. The first kappa shape index (κ1) is 22.0. The van der Waals surface area contributed by atoms with E-state index in [0.717, 1.165) is 12.1 Å². The summed E-state index contributed by atoms with van der Waals surface area (Å²) in [6.07, 6.45) is 0. The molecular weight excluding hydrogens is 482 g/mol. The van der Waals surface area contributed by atoms with E-state index in [9.17, 15) is 23.2 Å². The van der Waals surface area contributed by atoms with Crippen LogP contribution in [0.3, 0.4) is 0 Å². The first-order valence-corrected chi connectivity index (χ1v) is 10.9. The molecule has 0 aromatic heterocycles. The van der Waals surface area contributed by atoms with Crippen LogP contribution in [-0.2, 0) is 14.9 Å². The molecule has 0 amide bonds. The summed E-state index contributed by atoms with van der Waals surface area (Å²) >= 11 is 24.7. The summed E-state index contributed by atoms with van der Waals surface area (Å²) in [4.78, 5) is 0. The Labute approximate surface area is 186 Å². The maximum Gasteiger partial charge on any atom is 0.283 e. The summed E-state index contributed by atoms with van der Waals surface area (Å²) in [6.45, 7) is 0. The van der Waals surface area contributed by atoms with E-state index >= 15 is 0 Å². The lowest BCUT2D eigenvalue weighted by Crippen LogP contribution is -2.39. The Morgan fingerprint density at radius 2 is 1.38 bits per heavy atom. The predicted octanol–water partition coefficient (Wildman–Crippen LogP) is 5.89. The molecule has 0 saturated heterocycles. The Morgan fingerprint density at radius 1 is 0.759 bits per heavy atom. The molecule has 5 nitrogen and oxygen atoms in total. The maximum absolute atomic E-state index is 13.0. The minimum absolute atomic E-state index is 0.0373. The third kappa shape index (κ3) is 3.54. The summed E-state index contributed by atoms with van der Waals surface area (Å²) in [5, 5.41) is 19.9. The van der Waals surface area contributed by atoms with Gasteiger partial charge in [-0.1, -0.05) is 70.7 Å². The third-order valence-corrected chi connectivity index (χ3v) is 7.11. The van der Waals surface area contributed by atoms with Gasteiger partial charge in [0.25, 0.3) is 10.1 Å². The lowest BCUT2D eigenvalue weighted by Gasteiger charge is -2.34. The Morgan fingerprint density at radius 3 is 1.97 bits per heavy atom. The molecule has 0 spiro atoms. The van der Waals surface area contributed by atoms with Gasteiger partial charge >= 0.3 is 0 Å². The van der Waals surface area contributed by atoms with Crippen molar-refractivity contribution < 1.29 is 23.2 Å². The van der Waals surface area contributed by atoms with Crippen LogP contribution in [-0.4, -0.2) is 23.2 Å². The van der Waals surface area contributed by atoms with Gasteiger partial charge < -0.3 is 10.2 Å². The molecule has 1 atom stereocenters. The van der Waals surface area contributed by atoms with Gasteiger partial charge in [0, 0.05) is 21.2 Å². The van der Waals surface area contributed by atoms with E-state index in [1.165, 1.54) is 36.4 Å². The van der Waals surface area contributed by atoms with Gasteiger partial charge in [-0.15, -0.1) is 0 Å².